The quantitative estimate of drug-likeness (QED) is 0.549. The van der Waals surface area contributed by atoms with Gasteiger partial charge in [0.1, 0.15) is 0 Å². The number of aryl methyl sites for hydroxylation is 1. The normalized spacial score (nSPS) is 16.3. The molecule has 2 rings (SSSR count). The van der Waals surface area contributed by atoms with Crippen molar-refractivity contribution in [3.8, 4) is 0 Å². The molecule has 1 aromatic carbocycles. The molecule has 0 saturated carbocycles. The third-order valence-electron chi connectivity index (χ3n) is 4.45. The van der Waals surface area contributed by atoms with E-state index in [-0.39, 0.29) is 5.97 Å². The van der Waals surface area contributed by atoms with Crippen molar-refractivity contribution in [1.29, 1.82) is 0 Å². The Morgan fingerprint density at radius 3 is 2.65 bits per heavy atom. The molecule has 23 heavy (non-hydrogen) atoms. The van der Waals surface area contributed by atoms with Crippen LogP contribution in [0.4, 0.5) is 0 Å². The third kappa shape index (κ3) is 5.51. The van der Waals surface area contributed by atoms with Crippen LogP contribution in [0.25, 0.3) is 0 Å². The van der Waals surface area contributed by atoms with Crippen LogP contribution in [0.15, 0.2) is 41.5 Å². The summed E-state index contributed by atoms with van der Waals surface area (Å²) >= 11 is 0. The molecule has 0 radical (unpaired) electrons. The van der Waals surface area contributed by atoms with Crippen molar-refractivity contribution in [2.75, 3.05) is 6.61 Å². The standard InChI is InChI=1S/C20H28O3/c1-2-3-4-8-11-17-14-15-23-20(22)19(17)18(21)13-12-16-9-6-5-7-10-16/h5-7,9-10,18,21H,2-4,8,11-15H2,1H3. The minimum absolute atomic E-state index is 0.317. The lowest BCUT2D eigenvalue weighted by Gasteiger charge is -2.23. The van der Waals surface area contributed by atoms with E-state index in [0.717, 1.165) is 31.3 Å². The summed E-state index contributed by atoms with van der Waals surface area (Å²) in [5, 5.41) is 10.5. The van der Waals surface area contributed by atoms with Crippen molar-refractivity contribution >= 4 is 5.97 Å². The zero-order valence-electron chi connectivity index (χ0n) is 14.1. The summed E-state index contributed by atoms with van der Waals surface area (Å²) < 4.78 is 5.16. The molecule has 126 valence electrons. The van der Waals surface area contributed by atoms with Crippen molar-refractivity contribution in [3.63, 3.8) is 0 Å². The van der Waals surface area contributed by atoms with Gasteiger partial charge in [0.25, 0.3) is 0 Å². The summed E-state index contributed by atoms with van der Waals surface area (Å²) in [6.45, 7) is 2.65. The van der Waals surface area contributed by atoms with Gasteiger partial charge in [0.05, 0.1) is 18.3 Å². The minimum Gasteiger partial charge on any atom is -0.462 e. The first-order valence-corrected chi connectivity index (χ1v) is 8.83. The number of cyclic esters (lactones) is 1. The molecule has 1 unspecified atom stereocenters. The highest BCUT2D eigenvalue weighted by molar-refractivity contribution is 5.91. The summed E-state index contributed by atoms with van der Waals surface area (Å²) in [6.07, 6.45) is 6.99. The number of benzene rings is 1. The number of rotatable bonds is 9. The molecule has 3 nitrogen and oxygen atoms in total. The van der Waals surface area contributed by atoms with Crippen LogP contribution in [0.5, 0.6) is 0 Å². The second-order valence-electron chi connectivity index (χ2n) is 6.25. The maximum Gasteiger partial charge on any atom is 0.336 e. The Morgan fingerprint density at radius 2 is 1.91 bits per heavy atom. The number of hydrogen-bond acceptors (Lipinski definition) is 3. The summed E-state index contributed by atoms with van der Waals surface area (Å²) in [5.41, 5.74) is 2.82. The number of ether oxygens (including phenoxy) is 1. The summed E-state index contributed by atoms with van der Waals surface area (Å²) in [5.74, 6) is -0.317. The van der Waals surface area contributed by atoms with E-state index in [9.17, 15) is 9.90 Å². The topological polar surface area (TPSA) is 46.5 Å². The number of carbonyl (C=O) groups excluding carboxylic acids is 1. The molecule has 1 aliphatic heterocycles. The maximum atomic E-state index is 12.1. The van der Waals surface area contributed by atoms with Gasteiger partial charge in [-0.05, 0) is 31.2 Å². The smallest absolute Gasteiger partial charge is 0.336 e. The van der Waals surface area contributed by atoms with Crippen LogP contribution >= 0.6 is 0 Å². The minimum atomic E-state index is -0.718. The summed E-state index contributed by atoms with van der Waals surface area (Å²) in [4.78, 5) is 12.1. The van der Waals surface area contributed by atoms with Crippen LogP contribution in [0.3, 0.4) is 0 Å². The Bertz CT molecular complexity index is 519. The molecule has 0 spiro atoms. The van der Waals surface area contributed by atoms with Gasteiger partial charge in [-0.25, -0.2) is 4.79 Å². The van der Waals surface area contributed by atoms with E-state index in [1.807, 2.05) is 30.3 Å². The fraction of sp³-hybridized carbons (Fsp3) is 0.550. The van der Waals surface area contributed by atoms with E-state index in [1.54, 1.807) is 0 Å². The molecule has 3 heteroatoms. The number of carbonyl (C=O) groups is 1. The number of hydrogen-bond donors (Lipinski definition) is 1. The lowest BCUT2D eigenvalue weighted by atomic mass is 9.91. The molecule has 0 fully saturated rings. The monoisotopic (exact) mass is 316 g/mol. The molecule has 0 bridgehead atoms. The average Bonchev–Trinajstić information content (AvgIpc) is 2.57. The van der Waals surface area contributed by atoms with Crippen molar-refractivity contribution < 1.29 is 14.6 Å². The van der Waals surface area contributed by atoms with Crippen LogP contribution < -0.4 is 0 Å². The highest BCUT2D eigenvalue weighted by Crippen LogP contribution is 2.26. The van der Waals surface area contributed by atoms with E-state index in [4.69, 9.17) is 4.74 Å². The van der Waals surface area contributed by atoms with E-state index in [2.05, 4.69) is 6.92 Å². The number of aliphatic hydroxyl groups is 1. The number of aliphatic hydroxyl groups excluding tert-OH is 1. The second-order valence-corrected chi connectivity index (χ2v) is 6.25. The van der Waals surface area contributed by atoms with Crippen molar-refractivity contribution in [3.05, 3.63) is 47.0 Å². The molecule has 1 heterocycles. The van der Waals surface area contributed by atoms with Crippen LogP contribution in [0.1, 0.15) is 57.4 Å². The van der Waals surface area contributed by atoms with Gasteiger partial charge in [-0.1, -0.05) is 62.1 Å². The van der Waals surface area contributed by atoms with Gasteiger partial charge >= 0.3 is 5.97 Å². The van der Waals surface area contributed by atoms with Crippen molar-refractivity contribution in [1.82, 2.24) is 0 Å². The van der Waals surface area contributed by atoms with Gasteiger partial charge in [0.2, 0.25) is 0 Å². The fourth-order valence-electron chi connectivity index (χ4n) is 3.11. The van der Waals surface area contributed by atoms with Gasteiger partial charge in [0, 0.05) is 6.42 Å². The van der Waals surface area contributed by atoms with E-state index >= 15 is 0 Å². The van der Waals surface area contributed by atoms with Crippen LogP contribution in [-0.4, -0.2) is 23.8 Å². The Balaban J connectivity index is 1.98. The van der Waals surface area contributed by atoms with E-state index in [0.29, 0.717) is 18.6 Å². The third-order valence-corrected chi connectivity index (χ3v) is 4.45. The summed E-state index contributed by atoms with van der Waals surface area (Å²) in [7, 11) is 0. The number of esters is 1. The first kappa shape index (κ1) is 17.7. The fourth-order valence-corrected chi connectivity index (χ4v) is 3.11. The molecule has 0 aromatic heterocycles. The lowest BCUT2D eigenvalue weighted by Crippen LogP contribution is -2.27. The van der Waals surface area contributed by atoms with Gasteiger partial charge in [-0.15, -0.1) is 0 Å². The van der Waals surface area contributed by atoms with Crippen molar-refractivity contribution in [2.45, 2.75) is 64.4 Å². The summed E-state index contributed by atoms with van der Waals surface area (Å²) in [6, 6.07) is 10.1. The Labute approximate surface area is 139 Å². The predicted molar refractivity (Wildman–Crippen MR) is 92.1 cm³/mol. The molecule has 1 N–H and O–H groups in total. The molecule has 1 aromatic rings. The SMILES string of the molecule is CCCCCCC1=C(C(O)CCc2ccccc2)C(=O)OCC1. The average molecular weight is 316 g/mol. The zero-order valence-corrected chi connectivity index (χ0v) is 14.1. The molecular formula is C20H28O3. The van der Waals surface area contributed by atoms with Gasteiger partial charge in [-0.2, -0.15) is 0 Å². The molecule has 0 saturated heterocycles. The Morgan fingerprint density at radius 1 is 1.13 bits per heavy atom. The van der Waals surface area contributed by atoms with E-state index < -0.39 is 6.10 Å². The second kappa shape index (κ2) is 9.51. The Hall–Kier alpha value is -1.61. The van der Waals surface area contributed by atoms with Crippen molar-refractivity contribution in [2.24, 2.45) is 0 Å². The largest absolute Gasteiger partial charge is 0.462 e. The molecule has 1 aliphatic rings. The van der Waals surface area contributed by atoms with Crippen LogP contribution in [-0.2, 0) is 16.0 Å². The maximum absolute atomic E-state index is 12.1. The predicted octanol–water partition coefficient (Wildman–Crippen LogP) is 4.19. The van der Waals surface area contributed by atoms with Gasteiger partial charge < -0.3 is 9.84 Å². The molecule has 1 atom stereocenters. The van der Waals surface area contributed by atoms with Crippen LogP contribution in [0.2, 0.25) is 0 Å². The molecule has 0 aliphatic carbocycles. The van der Waals surface area contributed by atoms with E-state index in [1.165, 1.54) is 24.8 Å². The van der Waals surface area contributed by atoms with Gasteiger partial charge in [0.15, 0.2) is 0 Å². The zero-order chi connectivity index (χ0) is 16.5. The highest BCUT2D eigenvalue weighted by Gasteiger charge is 2.27. The van der Waals surface area contributed by atoms with Crippen LogP contribution in [0, 0.1) is 0 Å². The molecule has 0 amide bonds. The Kier molecular flexibility index (Phi) is 7.34. The number of unbranched alkanes of at least 4 members (excludes halogenated alkanes) is 3. The van der Waals surface area contributed by atoms with Gasteiger partial charge in [-0.3, -0.25) is 0 Å². The first-order valence-electron chi connectivity index (χ1n) is 8.83. The first-order chi connectivity index (χ1) is 11.2. The molecular weight excluding hydrogens is 288 g/mol. The highest BCUT2D eigenvalue weighted by atomic mass is 16.5. The lowest BCUT2D eigenvalue weighted by molar-refractivity contribution is -0.141.